The van der Waals surface area contributed by atoms with Crippen molar-refractivity contribution in [3.05, 3.63) is 69.3 Å². The fourth-order valence-electron chi connectivity index (χ4n) is 3.66. The summed E-state index contributed by atoms with van der Waals surface area (Å²) in [4.78, 5) is 0. The molecular formula is C25H38. The Bertz CT molecular complexity index is 647. The van der Waals surface area contributed by atoms with Crippen LogP contribution in [0.3, 0.4) is 0 Å². The second-order valence-corrected chi connectivity index (χ2v) is 7.71. The lowest BCUT2D eigenvalue weighted by atomic mass is 9.84. The second kappa shape index (κ2) is 10.4. The van der Waals surface area contributed by atoms with E-state index in [1.54, 1.807) is 11.1 Å². The lowest BCUT2D eigenvalue weighted by molar-refractivity contribution is 0.802. The van der Waals surface area contributed by atoms with Gasteiger partial charge in [0, 0.05) is 0 Å². The Morgan fingerprint density at radius 3 is 2.36 bits per heavy atom. The minimum Gasteiger partial charge on any atom is -0.0877 e. The maximum absolute atomic E-state index is 2.46. The number of hydrogen-bond donors (Lipinski definition) is 0. The van der Waals surface area contributed by atoms with Gasteiger partial charge in [-0.05, 0) is 94.0 Å². The molecule has 0 N–H and O–H groups in total. The van der Waals surface area contributed by atoms with Crippen LogP contribution in [0.15, 0.2) is 41.5 Å². The average Bonchev–Trinajstić information content (AvgIpc) is 2.53. The standard InChI is InChI=1S/C25H38/c1-9-11-12-22(10-2)14-15-23-17-20(7)24(16-13-18(3)4)21(8)25(23)19(5)6/h9,11-13,17,19H,10,14-16H2,1-8H3/b11-9-,22-12+. The quantitative estimate of drug-likeness (QED) is 0.335. The van der Waals surface area contributed by atoms with E-state index in [-0.39, 0.29) is 0 Å². The molecule has 1 aromatic rings. The van der Waals surface area contributed by atoms with Gasteiger partial charge in [-0.25, -0.2) is 0 Å². The molecule has 1 aromatic carbocycles. The molecule has 0 atom stereocenters. The van der Waals surface area contributed by atoms with E-state index in [0.717, 1.165) is 25.7 Å². The number of aryl methyl sites for hydroxylation is 2. The summed E-state index contributed by atoms with van der Waals surface area (Å²) in [6.07, 6.45) is 13.4. The molecule has 0 radical (unpaired) electrons. The zero-order valence-corrected chi connectivity index (χ0v) is 17.8. The van der Waals surface area contributed by atoms with Crippen molar-refractivity contribution in [3.8, 4) is 0 Å². The van der Waals surface area contributed by atoms with E-state index in [2.05, 4.69) is 85.8 Å². The normalized spacial score (nSPS) is 12.3. The maximum atomic E-state index is 2.46. The monoisotopic (exact) mass is 338 g/mol. The van der Waals surface area contributed by atoms with Gasteiger partial charge in [-0.1, -0.05) is 62.3 Å². The highest BCUT2D eigenvalue weighted by Gasteiger charge is 2.15. The van der Waals surface area contributed by atoms with Crippen LogP contribution in [0.5, 0.6) is 0 Å². The summed E-state index contributed by atoms with van der Waals surface area (Å²) in [5.41, 5.74) is 10.5. The molecule has 0 fully saturated rings. The molecule has 0 heteroatoms. The summed E-state index contributed by atoms with van der Waals surface area (Å²) in [7, 11) is 0. The van der Waals surface area contributed by atoms with Gasteiger partial charge in [0.05, 0.1) is 0 Å². The molecule has 0 aliphatic rings. The second-order valence-electron chi connectivity index (χ2n) is 7.71. The minimum atomic E-state index is 0.575. The molecule has 0 amide bonds. The molecule has 0 saturated heterocycles. The van der Waals surface area contributed by atoms with E-state index in [1.165, 1.54) is 27.8 Å². The summed E-state index contributed by atoms with van der Waals surface area (Å²) < 4.78 is 0. The predicted octanol–water partition coefficient (Wildman–Crippen LogP) is 7.78. The van der Waals surface area contributed by atoms with Crippen LogP contribution in [0.4, 0.5) is 0 Å². The largest absolute Gasteiger partial charge is 0.0877 e. The Kier molecular flexibility index (Phi) is 8.97. The highest BCUT2D eigenvalue weighted by molar-refractivity contribution is 5.48. The summed E-state index contributed by atoms with van der Waals surface area (Å²) in [5.74, 6) is 0.575. The first kappa shape index (κ1) is 21.5. The van der Waals surface area contributed by atoms with E-state index in [1.807, 2.05) is 0 Å². The van der Waals surface area contributed by atoms with Gasteiger partial charge < -0.3 is 0 Å². The van der Waals surface area contributed by atoms with Gasteiger partial charge in [0.2, 0.25) is 0 Å². The number of hydrogen-bond acceptors (Lipinski definition) is 0. The highest BCUT2D eigenvalue weighted by atomic mass is 14.2. The van der Waals surface area contributed by atoms with Crippen molar-refractivity contribution in [1.29, 1.82) is 0 Å². The van der Waals surface area contributed by atoms with Gasteiger partial charge >= 0.3 is 0 Å². The molecule has 0 heterocycles. The van der Waals surface area contributed by atoms with Crippen LogP contribution in [0.1, 0.15) is 88.1 Å². The molecule has 25 heavy (non-hydrogen) atoms. The van der Waals surface area contributed by atoms with Gasteiger partial charge in [0.1, 0.15) is 0 Å². The van der Waals surface area contributed by atoms with Crippen LogP contribution >= 0.6 is 0 Å². The van der Waals surface area contributed by atoms with E-state index >= 15 is 0 Å². The predicted molar refractivity (Wildman–Crippen MR) is 115 cm³/mol. The van der Waals surface area contributed by atoms with E-state index in [0.29, 0.717) is 5.92 Å². The van der Waals surface area contributed by atoms with Gasteiger partial charge in [0.15, 0.2) is 0 Å². The van der Waals surface area contributed by atoms with Crippen molar-refractivity contribution in [2.75, 3.05) is 0 Å². The molecule has 138 valence electrons. The van der Waals surface area contributed by atoms with E-state index in [9.17, 15) is 0 Å². The summed E-state index contributed by atoms with van der Waals surface area (Å²) >= 11 is 0. The molecule has 0 aliphatic carbocycles. The number of allylic oxidation sites excluding steroid dienone is 6. The van der Waals surface area contributed by atoms with Crippen molar-refractivity contribution in [1.82, 2.24) is 0 Å². The minimum absolute atomic E-state index is 0.575. The molecule has 0 unspecified atom stereocenters. The Morgan fingerprint density at radius 2 is 1.84 bits per heavy atom. The van der Waals surface area contributed by atoms with Crippen LogP contribution in [-0.4, -0.2) is 0 Å². The Morgan fingerprint density at radius 1 is 1.16 bits per heavy atom. The zero-order valence-electron chi connectivity index (χ0n) is 17.8. The third-order valence-electron chi connectivity index (χ3n) is 5.06. The SMILES string of the molecule is C/C=C\C=C(/CC)CCc1cc(C)c(CC=C(C)C)c(C)c1C(C)C. The Labute approximate surface area is 156 Å². The van der Waals surface area contributed by atoms with Crippen LogP contribution in [0, 0.1) is 13.8 Å². The zero-order chi connectivity index (χ0) is 19.0. The van der Waals surface area contributed by atoms with Crippen LogP contribution < -0.4 is 0 Å². The van der Waals surface area contributed by atoms with Crippen LogP contribution in [0.25, 0.3) is 0 Å². The fraction of sp³-hybridized carbons (Fsp3) is 0.520. The fourth-order valence-corrected chi connectivity index (χ4v) is 3.66. The van der Waals surface area contributed by atoms with Crippen LogP contribution in [0.2, 0.25) is 0 Å². The molecule has 0 saturated carbocycles. The summed E-state index contributed by atoms with van der Waals surface area (Å²) in [5, 5.41) is 0. The van der Waals surface area contributed by atoms with Crippen molar-refractivity contribution in [2.24, 2.45) is 0 Å². The van der Waals surface area contributed by atoms with Gasteiger partial charge in [-0.3, -0.25) is 0 Å². The molecular weight excluding hydrogens is 300 g/mol. The third kappa shape index (κ3) is 6.34. The van der Waals surface area contributed by atoms with Crippen molar-refractivity contribution >= 4 is 0 Å². The third-order valence-corrected chi connectivity index (χ3v) is 5.06. The first-order valence-electron chi connectivity index (χ1n) is 9.87. The lowest BCUT2D eigenvalue weighted by Gasteiger charge is -2.22. The number of benzene rings is 1. The first-order valence-corrected chi connectivity index (χ1v) is 9.87. The smallest absolute Gasteiger partial charge is 0.00896 e. The van der Waals surface area contributed by atoms with Gasteiger partial charge in [0.25, 0.3) is 0 Å². The van der Waals surface area contributed by atoms with E-state index in [4.69, 9.17) is 0 Å². The molecule has 0 nitrogen and oxygen atoms in total. The highest BCUT2D eigenvalue weighted by Crippen LogP contribution is 2.31. The maximum Gasteiger partial charge on any atom is -0.00896 e. The Hall–Kier alpha value is -1.56. The van der Waals surface area contributed by atoms with Crippen molar-refractivity contribution < 1.29 is 0 Å². The first-order chi connectivity index (χ1) is 11.8. The van der Waals surface area contributed by atoms with E-state index < -0.39 is 0 Å². The summed E-state index contributed by atoms with van der Waals surface area (Å²) in [6, 6.07) is 2.46. The molecule has 0 spiro atoms. The molecule has 1 rings (SSSR count). The Balaban J connectivity index is 3.21. The summed E-state index contributed by atoms with van der Waals surface area (Å²) in [6.45, 7) is 18.0. The average molecular weight is 339 g/mol. The molecule has 0 bridgehead atoms. The number of rotatable bonds is 8. The molecule has 0 aromatic heterocycles. The van der Waals surface area contributed by atoms with Crippen LogP contribution in [-0.2, 0) is 12.8 Å². The van der Waals surface area contributed by atoms with Crippen molar-refractivity contribution in [2.45, 2.75) is 87.0 Å². The van der Waals surface area contributed by atoms with Gasteiger partial charge in [-0.2, -0.15) is 0 Å². The lowest BCUT2D eigenvalue weighted by Crippen LogP contribution is -2.06. The van der Waals surface area contributed by atoms with Gasteiger partial charge in [-0.15, -0.1) is 0 Å². The van der Waals surface area contributed by atoms with Crippen molar-refractivity contribution in [3.63, 3.8) is 0 Å². The molecule has 0 aliphatic heterocycles. The topological polar surface area (TPSA) is 0 Å².